The number of benzene rings is 1. The van der Waals surface area contributed by atoms with E-state index in [1.54, 1.807) is 7.11 Å². The highest BCUT2D eigenvalue weighted by atomic mass is 16.5. The molecular formula is C14H21NO2. The molecule has 0 bridgehead atoms. The molecule has 2 rings (SSSR count). The lowest BCUT2D eigenvalue weighted by molar-refractivity contribution is 0.0191. The van der Waals surface area contributed by atoms with Crippen molar-refractivity contribution in [2.45, 2.75) is 25.2 Å². The van der Waals surface area contributed by atoms with Gasteiger partial charge in [-0.05, 0) is 37.1 Å². The molecule has 0 amide bonds. The first-order valence-corrected chi connectivity index (χ1v) is 6.20. The van der Waals surface area contributed by atoms with Crippen molar-refractivity contribution in [3.8, 4) is 5.75 Å². The van der Waals surface area contributed by atoms with Crippen LogP contribution < -0.4 is 10.5 Å². The average Bonchev–Trinajstić information content (AvgIpc) is 2.33. The summed E-state index contributed by atoms with van der Waals surface area (Å²) in [5.41, 5.74) is 7.10. The molecule has 1 aliphatic rings. The highest BCUT2D eigenvalue weighted by Gasteiger charge is 2.43. The molecule has 0 aromatic heterocycles. The van der Waals surface area contributed by atoms with E-state index in [2.05, 4.69) is 6.07 Å². The van der Waals surface area contributed by atoms with Crippen LogP contribution in [0.4, 0.5) is 0 Å². The lowest BCUT2D eigenvalue weighted by Crippen LogP contribution is -2.42. The van der Waals surface area contributed by atoms with E-state index >= 15 is 0 Å². The van der Waals surface area contributed by atoms with Crippen LogP contribution in [0.15, 0.2) is 24.3 Å². The number of methoxy groups -OCH3 is 1. The van der Waals surface area contributed by atoms with Crippen molar-refractivity contribution >= 4 is 0 Å². The normalized spacial score (nSPS) is 19.5. The molecule has 0 spiro atoms. The third kappa shape index (κ3) is 2.17. The van der Waals surface area contributed by atoms with Crippen LogP contribution in [0.1, 0.15) is 30.7 Å². The number of hydrogen-bond acceptors (Lipinski definition) is 3. The topological polar surface area (TPSA) is 55.5 Å². The highest BCUT2D eigenvalue weighted by Crippen LogP contribution is 2.50. The summed E-state index contributed by atoms with van der Waals surface area (Å²) in [4.78, 5) is 0. The Balaban J connectivity index is 2.28. The van der Waals surface area contributed by atoms with Crippen LogP contribution in [0.3, 0.4) is 0 Å². The van der Waals surface area contributed by atoms with Gasteiger partial charge in [-0.3, -0.25) is 0 Å². The zero-order chi connectivity index (χ0) is 12.3. The molecule has 1 saturated carbocycles. The van der Waals surface area contributed by atoms with E-state index in [0.29, 0.717) is 6.54 Å². The molecule has 1 fully saturated rings. The SMILES string of the molecule is COc1cccc([C@H](CN)C2(CO)CCC2)c1. The van der Waals surface area contributed by atoms with Gasteiger partial charge in [-0.1, -0.05) is 18.6 Å². The third-order valence-electron chi connectivity index (χ3n) is 4.14. The monoisotopic (exact) mass is 235 g/mol. The Morgan fingerprint density at radius 2 is 2.24 bits per heavy atom. The fourth-order valence-corrected chi connectivity index (χ4v) is 2.85. The van der Waals surface area contributed by atoms with Crippen LogP contribution in [-0.4, -0.2) is 25.4 Å². The number of rotatable bonds is 5. The van der Waals surface area contributed by atoms with Gasteiger partial charge in [0.05, 0.1) is 7.11 Å². The summed E-state index contributed by atoms with van der Waals surface area (Å²) in [6.45, 7) is 0.805. The smallest absolute Gasteiger partial charge is 0.119 e. The molecule has 3 heteroatoms. The molecule has 0 saturated heterocycles. The minimum atomic E-state index is 0.00111. The van der Waals surface area contributed by atoms with Crippen molar-refractivity contribution in [2.24, 2.45) is 11.1 Å². The zero-order valence-electron chi connectivity index (χ0n) is 10.4. The Kier molecular flexibility index (Phi) is 3.69. The van der Waals surface area contributed by atoms with Crippen molar-refractivity contribution in [1.82, 2.24) is 0 Å². The second-order valence-corrected chi connectivity index (χ2v) is 4.94. The molecule has 0 unspecified atom stereocenters. The van der Waals surface area contributed by atoms with E-state index in [4.69, 9.17) is 10.5 Å². The van der Waals surface area contributed by atoms with Gasteiger partial charge in [-0.25, -0.2) is 0 Å². The van der Waals surface area contributed by atoms with Gasteiger partial charge < -0.3 is 15.6 Å². The van der Waals surface area contributed by atoms with Gasteiger partial charge in [0.25, 0.3) is 0 Å². The van der Waals surface area contributed by atoms with Gasteiger partial charge in [-0.2, -0.15) is 0 Å². The Morgan fingerprint density at radius 1 is 1.47 bits per heavy atom. The van der Waals surface area contributed by atoms with Gasteiger partial charge in [0.2, 0.25) is 0 Å². The van der Waals surface area contributed by atoms with Crippen molar-refractivity contribution in [1.29, 1.82) is 0 Å². The second kappa shape index (κ2) is 5.07. The number of nitrogens with two attached hydrogens (primary N) is 1. The summed E-state index contributed by atoms with van der Waals surface area (Å²) in [5, 5.41) is 9.64. The Hall–Kier alpha value is -1.06. The van der Waals surface area contributed by atoms with Crippen molar-refractivity contribution < 1.29 is 9.84 Å². The van der Waals surface area contributed by atoms with Crippen LogP contribution in [0.5, 0.6) is 5.75 Å². The maximum absolute atomic E-state index is 9.64. The number of aliphatic hydroxyl groups excluding tert-OH is 1. The van der Waals surface area contributed by atoms with Gasteiger partial charge in [-0.15, -0.1) is 0 Å². The van der Waals surface area contributed by atoms with Crippen molar-refractivity contribution in [3.05, 3.63) is 29.8 Å². The minimum Gasteiger partial charge on any atom is -0.497 e. The van der Waals surface area contributed by atoms with Crippen LogP contribution in [0.25, 0.3) is 0 Å². The van der Waals surface area contributed by atoms with E-state index in [1.807, 2.05) is 18.2 Å². The summed E-state index contributed by atoms with van der Waals surface area (Å²) < 4.78 is 5.24. The number of hydrogen-bond donors (Lipinski definition) is 2. The molecule has 0 radical (unpaired) electrons. The summed E-state index contributed by atoms with van der Waals surface area (Å²) in [7, 11) is 1.67. The largest absolute Gasteiger partial charge is 0.497 e. The van der Waals surface area contributed by atoms with Crippen LogP contribution in [0, 0.1) is 5.41 Å². The molecule has 3 nitrogen and oxygen atoms in total. The second-order valence-electron chi connectivity index (χ2n) is 4.94. The van der Waals surface area contributed by atoms with Crippen molar-refractivity contribution in [2.75, 3.05) is 20.3 Å². The summed E-state index contributed by atoms with van der Waals surface area (Å²) >= 11 is 0. The lowest BCUT2D eigenvalue weighted by atomic mass is 9.60. The minimum absolute atomic E-state index is 0.00111. The molecule has 3 N–H and O–H groups in total. The molecule has 1 aromatic carbocycles. The predicted molar refractivity (Wildman–Crippen MR) is 68.2 cm³/mol. The first-order chi connectivity index (χ1) is 8.25. The van der Waals surface area contributed by atoms with E-state index in [1.165, 1.54) is 12.0 Å². The van der Waals surface area contributed by atoms with E-state index in [-0.39, 0.29) is 17.9 Å². The first-order valence-electron chi connectivity index (χ1n) is 6.20. The van der Waals surface area contributed by atoms with Crippen LogP contribution in [0.2, 0.25) is 0 Å². The Morgan fingerprint density at radius 3 is 2.71 bits per heavy atom. The van der Waals surface area contributed by atoms with Gasteiger partial charge >= 0.3 is 0 Å². The summed E-state index contributed by atoms with van der Waals surface area (Å²) in [5.74, 6) is 1.09. The fraction of sp³-hybridized carbons (Fsp3) is 0.571. The quantitative estimate of drug-likeness (QED) is 0.819. The summed E-state index contributed by atoms with van der Waals surface area (Å²) in [6, 6.07) is 8.03. The van der Waals surface area contributed by atoms with Crippen LogP contribution in [-0.2, 0) is 0 Å². The lowest BCUT2D eigenvalue weighted by Gasteiger charge is -2.46. The molecule has 0 aliphatic heterocycles. The highest BCUT2D eigenvalue weighted by molar-refractivity contribution is 5.32. The van der Waals surface area contributed by atoms with E-state index in [9.17, 15) is 5.11 Å². The molecule has 17 heavy (non-hydrogen) atoms. The van der Waals surface area contributed by atoms with E-state index < -0.39 is 0 Å². The summed E-state index contributed by atoms with van der Waals surface area (Å²) in [6.07, 6.45) is 3.34. The van der Waals surface area contributed by atoms with Gasteiger partial charge in [0.15, 0.2) is 0 Å². The fourth-order valence-electron chi connectivity index (χ4n) is 2.85. The molecule has 94 valence electrons. The number of aliphatic hydroxyl groups is 1. The molecular weight excluding hydrogens is 214 g/mol. The van der Waals surface area contributed by atoms with Crippen LogP contribution >= 0.6 is 0 Å². The first kappa shape index (κ1) is 12.4. The average molecular weight is 235 g/mol. The molecule has 1 aromatic rings. The third-order valence-corrected chi connectivity index (χ3v) is 4.14. The molecule has 0 heterocycles. The number of ether oxygens (including phenoxy) is 1. The maximum atomic E-state index is 9.64. The van der Waals surface area contributed by atoms with E-state index in [0.717, 1.165) is 18.6 Å². The predicted octanol–water partition coefficient (Wildman–Crippen LogP) is 1.90. The maximum Gasteiger partial charge on any atom is 0.119 e. The van der Waals surface area contributed by atoms with Gasteiger partial charge in [0, 0.05) is 17.9 Å². The van der Waals surface area contributed by atoms with Gasteiger partial charge in [0.1, 0.15) is 5.75 Å². The molecule has 1 atom stereocenters. The Bertz CT molecular complexity index is 369. The zero-order valence-corrected chi connectivity index (χ0v) is 10.4. The van der Waals surface area contributed by atoms with Crippen molar-refractivity contribution in [3.63, 3.8) is 0 Å². The standard InChI is InChI=1S/C14H21NO2/c1-17-12-5-2-4-11(8-12)13(9-15)14(10-16)6-3-7-14/h2,4-5,8,13,16H,3,6-7,9-10,15H2,1H3/t13-/m0/s1. The Labute approximate surface area is 103 Å². The molecule has 1 aliphatic carbocycles.